The lowest BCUT2D eigenvalue weighted by molar-refractivity contribution is -0.198. The predicted molar refractivity (Wildman–Crippen MR) is 102 cm³/mol. The van der Waals surface area contributed by atoms with Gasteiger partial charge in [-0.05, 0) is 40.5 Å². The Hall–Kier alpha value is -2.49. The highest BCUT2D eigenvalue weighted by atomic mass is 16.7. The zero-order chi connectivity index (χ0) is 22.6. The van der Waals surface area contributed by atoms with Crippen LogP contribution >= 0.6 is 0 Å². The molecular formula is C19H30N4O6. The van der Waals surface area contributed by atoms with E-state index in [-0.39, 0.29) is 31.5 Å². The van der Waals surface area contributed by atoms with Gasteiger partial charge in [0.2, 0.25) is 11.8 Å². The lowest BCUT2D eigenvalue weighted by atomic mass is 10.0. The summed E-state index contributed by atoms with van der Waals surface area (Å²) in [5.74, 6) is -3.67. The second kappa shape index (κ2) is 9.82. The SMILES string of the molecule is [2H]C(C)(NC(=O)C[15N]1C(C)CCCC1C)C(=O)[15NH]C(C)C(=O)ON1C(=O)CCC1=O. The minimum absolute atomic E-state index is 0.0437. The van der Waals surface area contributed by atoms with Crippen molar-refractivity contribution in [3.8, 4) is 0 Å². The molecule has 4 atom stereocenters. The van der Waals surface area contributed by atoms with Crippen LogP contribution in [0.1, 0.15) is 61.2 Å². The van der Waals surface area contributed by atoms with E-state index in [9.17, 15) is 24.0 Å². The van der Waals surface area contributed by atoms with Gasteiger partial charge in [-0.25, -0.2) is 4.79 Å². The van der Waals surface area contributed by atoms with E-state index in [1.807, 2.05) is 18.7 Å². The maximum Gasteiger partial charge on any atom is 0.354 e. The maximum absolute atomic E-state index is 12.4. The van der Waals surface area contributed by atoms with E-state index >= 15 is 0 Å². The molecule has 10 nitrogen and oxygen atoms in total. The molecule has 2 heterocycles. The van der Waals surface area contributed by atoms with Crippen molar-refractivity contribution in [1.29, 1.82) is 0 Å². The van der Waals surface area contributed by atoms with Gasteiger partial charge in [-0.3, -0.25) is 24.1 Å². The summed E-state index contributed by atoms with van der Waals surface area (Å²) in [6.07, 6.45) is 2.98. The van der Waals surface area contributed by atoms with Gasteiger partial charge in [-0.15, -0.1) is 5.06 Å². The number of nitrogens with zero attached hydrogens (tertiary/aromatic N) is 2. The third-order valence-corrected chi connectivity index (χ3v) is 5.26. The highest BCUT2D eigenvalue weighted by molar-refractivity contribution is 6.02. The van der Waals surface area contributed by atoms with Crippen molar-refractivity contribution in [3.63, 3.8) is 0 Å². The molecule has 2 aliphatic rings. The smallest absolute Gasteiger partial charge is 0.343 e. The summed E-state index contributed by atoms with van der Waals surface area (Å²) in [7, 11) is 0. The first-order chi connectivity index (χ1) is 13.9. The summed E-state index contributed by atoms with van der Waals surface area (Å²) in [6, 6.07) is -2.79. The Bertz CT molecular complexity index is 702. The van der Waals surface area contributed by atoms with E-state index < -0.39 is 41.7 Å². The average molecular weight is 413 g/mol. The molecule has 162 valence electrons. The number of carbonyl (C=O) groups excluding carboxylic acids is 5. The van der Waals surface area contributed by atoms with Crippen molar-refractivity contribution in [2.75, 3.05) is 6.54 Å². The summed E-state index contributed by atoms with van der Waals surface area (Å²) in [5, 5.41) is 5.03. The molecule has 29 heavy (non-hydrogen) atoms. The van der Waals surface area contributed by atoms with Crippen molar-refractivity contribution >= 4 is 29.6 Å². The number of piperidine rings is 1. The lowest BCUT2D eigenvalue weighted by Crippen LogP contribution is -2.54. The average Bonchev–Trinajstić information content (AvgIpc) is 2.96. The van der Waals surface area contributed by atoms with E-state index in [2.05, 4.69) is 10.6 Å². The molecule has 0 aromatic rings. The molecule has 2 aliphatic heterocycles. The number of carbonyl (C=O) groups is 5. The first-order valence-corrected chi connectivity index (χ1v) is 9.87. The van der Waals surface area contributed by atoms with Gasteiger partial charge in [-0.1, -0.05) is 6.42 Å². The Morgan fingerprint density at radius 1 is 1.10 bits per heavy atom. The monoisotopic (exact) mass is 413 g/mol. The molecular weight excluding hydrogens is 382 g/mol. The standard InChI is InChI=1S/C19H30N4O6/c1-11-6-5-7-12(2)22(11)10-15(24)20-13(3)18(27)21-14(4)19(28)29-23-16(25)8-9-17(23)26/h11-14H,5-10H2,1-4H3,(H,20,24)(H,21,27)/i13D,21+1,22+1. The van der Waals surface area contributed by atoms with Crippen LogP contribution in [0.15, 0.2) is 0 Å². The zero-order valence-electron chi connectivity index (χ0n) is 18.3. The number of hydroxylamine groups is 2. The van der Waals surface area contributed by atoms with E-state index in [1.54, 1.807) is 0 Å². The molecule has 0 radical (unpaired) electrons. The maximum atomic E-state index is 12.4. The summed E-state index contributed by atoms with van der Waals surface area (Å²) in [5.41, 5.74) is 0. The van der Waals surface area contributed by atoms with E-state index in [0.29, 0.717) is 5.06 Å². The quantitative estimate of drug-likeness (QED) is 0.440. The van der Waals surface area contributed by atoms with Crippen LogP contribution in [0.5, 0.6) is 0 Å². The Balaban J connectivity index is 1.87. The number of nitrogens with one attached hydrogen (secondary N) is 2. The van der Waals surface area contributed by atoms with Gasteiger partial charge in [0.05, 0.1) is 7.92 Å². The van der Waals surface area contributed by atoms with Gasteiger partial charge >= 0.3 is 5.97 Å². The zero-order valence-corrected chi connectivity index (χ0v) is 17.3. The number of amides is 4. The van der Waals surface area contributed by atoms with Crippen molar-refractivity contribution < 1.29 is 30.2 Å². The van der Waals surface area contributed by atoms with Crippen LogP contribution in [0, 0.1) is 0 Å². The second-order valence-corrected chi connectivity index (χ2v) is 7.66. The van der Waals surface area contributed by atoms with Gasteiger partial charge in [0.15, 0.2) is 0 Å². The van der Waals surface area contributed by atoms with Crippen LogP contribution in [0.25, 0.3) is 0 Å². The lowest BCUT2D eigenvalue weighted by Gasteiger charge is -2.38. The van der Waals surface area contributed by atoms with Crippen molar-refractivity contribution in [3.05, 3.63) is 0 Å². The van der Waals surface area contributed by atoms with Gasteiger partial charge in [0.25, 0.3) is 11.8 Å². The molecule has 10 heteroatoms. The molecule has 4 amide bonds. The number of likely N-dealkylation sites (tertiary alicyclic amines) is 1. The first-order valence-electron chi connectivity index (χ1n) is 10.4. The Morgan fingerprint density at radius 3 is 2.21 bits per heavy atom. The fourth-order valence-corrected chi connectivity index (χ4v) is 3.45. The molecule has 0 bridgehead atoms. The second-order valence-electron chi connectivity index (χ2n) is 7.66. The molecule has 2 N–H and O–H groups in total. The summed E-state index contributed by atoms with van der Waals surface area (Å²) in [4.78, 5) is 66.7. The van der Waals surface area contributed by atoms with Gasteiger partial charge in [0, 0.05) is 24.9 Å². The number of rotatable bonds is 7. The van der Waals surface area contributed by atoms with Gasteiger partial charge in [-0.2, -0.15) is 0 Å². The van der Waals surface area contributed by atoms with Crippen molar-refractivity contribution in [1.82, 2.24) is 20.6 Å². The van der Waals surface area contributed by atoms with E-state index in [1.165, 1.54) is 13.8 Å². The molecule has 0 aliphatic carbocycles. The van der Waals surface area contributed by atoms with Crippen molar-refractivity contribution in [2.24, 2.45) is 0 Å². The highest BCUT2D eigenvalue weighted by Crippen LogP contribution is 2.21. The molecule has 2 rings (SSSR count). The number of hydrogen-bond acceptors (Lipinski definition) is 7. The minimum atomic E-state index is -2.02. The topological polar surface area (TPSA) is 125 Å². The van der Waals surface area contributed by atoms with Crippen LogP contribution in [-0.2, 0) is 28.8 Å². The molecule has 0 aromatic carbocycles. The van der Waals surface area contributed by atoms with E-state index in [4.69, 9.17) is 6.21 Å². The fourth-order valence-electron chi connectivity index (χ4n) is 3.45. The molecule has 4 unspecified atom stereocenters. The van der Waals surface area contributed by atoms with Crippen LogP contribution in [0.2, 0.25) is 0 Å². The third kappa shape index (κ3) is 5.99. The van der Waals surface area contributed by atoms with Crippen LogP contribution in [-0.4, -0.2) is 70.2 Å². The number of hydrogen-bond donors (Lipinski definition) is 2. The molecule has 2 saturated heterocycles. The Labute approximate surface area is 171 Å². The predicted octanol–water partition coefficient (Wildman–Crippen LogP) is -0.134. The van der Waals surface area contributed by atoms with Crippen LogP contribution in [0.4, 0.5) is 0 Å². The van der Waals surface area contributed by atoms with Gasteiger partial charge < -0.3 is 15.5 Å². The van der Waals surface area contributed by atoms with E-state index in [0.717, 1.165) is 19.3 Å². The van der Waals surface area contributed by atoms with Crippen LogP contribution < -0.4 is 10.6 Å². The summed E-state index contributed by atoms with van der Waals surface area (Å²) < 4.78 is 8.17. The van der Waals surface area contributed by atoms with Crippen LogP contribution in [0.3, 0.4) is 0 Å². The largest absolute Gasteiger partial charge is 0.354 e. The third-order valence-electron chi connectivity index (χ3n) is 5.26. The normalized spacial score (nSPS) is 26.3. The molecule has 0 saturated carbocycles. The molecule has 0 aromatic heterocycles. The minimum Gasteiger partial charge on any atom is -0.343 e. The van der Waals surface area contributed by atoms with Crippen molar-refractivity contribution in [2.45, 2.75) is 83.9 Å². The van der Waals surface area contributed by atoms with Gasteiger partial charge in [0.1, 0.15) is 12.1 Å². The Kier molecular flexibility index (Phi) is 7.18. The Morgan fingerprint density at radius 2 is 1.66 bits per heavy atom. The molecule has 0 spiro atoms. The fraction of sp³-hybridized carbons (Fsp3) is 0.737. The highest BCUT2D eigenvalue weighted by Gasteiger charge is 2.34. The molecule has 2 fully saturated rings. The first kappa shape index (κ1) is 21.2. The number of imide groups is 1. The summed E-state index contributed by atoms with van der Waals surface area (Å²) in [6.45, 7) is 6.65. The summed E-state index contributed by atoms with van der Waals surface area (Å²) >= 11 is 0.